The van der Waals surface area contributed by atoms with Crippen LogP contribution in [0, 0.1) is 12.8 Å². The van der Waals surface area contributed by atoms with Gasteiger partial charge in [0.15, 0.2) is 0 Å². The number of amides is 2. The maximum Gasteiger partial charge on any atom is 0.309 e. The van der Waals surface area contributed by atoms with Gasteiger partial charge in [-0.3, -0.25) is 24.3 Å². The molecular weight excluding hydrogens is 432 g/mol. The molecule has 0 saturated heterocycles. The van der Waals surface area contributed by atoms with Gasteiger partial charge in [-0.15, -0.1) is 0 Å². The molecule has 1 aliphatic rings. The van der Waals surface area contributed by atoms with Gasteiger partial charge in [0.1, 0.15) is 0 Å². The maximum atomic E-state index is 12.5. The molecule has 2 N–H and O–H groups in total. The van der Waals surface area contributed by atoms with Gasteiger partial charge in [-0.05, 0) is 55.5 Å². The Morgan fingerprint density at radius 2 is 1.53 bits per heavy atom. The van der Waals surface area contributed by atoms with Crippen LogP contribution in [0.15, 0.2) is 66.9 Å². The van der Waals surface area contributed by atoms with E-state index in [2.05, 4.69) is 4.98 Å². The van der Waals surface area contributed by atoms with Crippen molar-refractivity contribution < 1.29 is 24.6 Å². The van der Waals surface area contributed by atoms with E-state index in [1.54, 1.807) is 24.3 Å². The summed E-state index contributed by atoms with van der Waals surface area (Å²) in [5.74, 6) is -3.08. The average molecular weight is 459 g/mol. The molecular formula is C27H26N2O5. The average Bonchev–Trinajstić information content (AvgIpc) is 3.08. The van der Waals surface area contributed by atoms with Crippen molar-refractivity contribution in [2.24, 2.45) is 5.92 Å². The topological polar surface area (TPSA) is 108 Å². The van der Waals surface area contributed by atoms with E-state index in [1.165, 1.54) is 0 Å². The summed E-state index contributed by atoms with van der Waals surface area (Å²) in [5, 5.41) is 20.2. The summed E-state index contributed by atoms with van der Waals surface area (Å²) in [5.41, 5.74) is 4.62. The van der Waals surface area contributed by atoms with Crippen molar-refractivity contribution in [3.05, 3.63) is 89.2 Å². The Morgan fingerprint density at radius 1 is 0.912 bits per heavy atom. The predicted octanol–water partition coefficient (Wildman–Crippen LogP) is 3.74. The highest BCUT2D eigenvalue weighted by atomic mass is 16.4. The zero-order chi connectivity index (χ0) is 24.2. The second-order valence-corrected chi connectivity index (χ2v) is 8.53. The number of hydrogen-bond donors (Lipinski definition) is 2. The number of carbonyl (C=O) groups excluding carboxylic acids is 2. The van der Waals surface area contributed by atoms with Crippen LogP contribution in [0.4, 0.5) is 0 Å². The van der Waals surface area contributed by atoms with Crippen LogP contribution in [-0.2, 0) is 11.2 Å². The highest BCUT2D eigenvalue weighted by Gasteiger charge is 2.36. The van der Waals surface area contributed by atoms with Crippen LogP contribution in [0.25, 0.3) is 11.1 Å². The third-order valence-electron chi connectivity index (χ3n) is 6.25. The molecule has 1 aliphatic heterocycles. The van der Waals surface area contributed by atoms with Crippen LogP contribution >= 0.6 is 0 Å². The maximum absolute atomic E-state index is 12.5. The fourth-order valence-electron chi connectivity index (χ4n) is 4.21. The number of carboxylic acid groups (broad SMARTS) is 1. The first kappa shape index (κ1) is 23.3. The van der Waals surface area contributed by atoms with Crippen molar-refractivity contribution in [2.75, 3.05) is 6.54 Å². The Bertz CT molecular complexity index is 1170. The Morgan fingerprint density at radius 3 is 2.09 bits per heavy atom. The molecule has 2 atom stereocenters. The standard InChI is InChI=1S/C27H26N2O5/c1-17-6-10-20(16-28-17)19-11-7-18(8-12-19)9-13-24(30)23(27(33)34)14-15-29-25(31)21-4-2-3-5-22(21)26(29)32/h2-8,10-12,16,23-24,30H,9,13-15H2,1H3,(H,33,34)/t23-,24?/m1/s1. The van der Waals surface area contributed by atoms with Gasteiger partial charge in [0.2, 0.25) is 0 Å². The zero-order valence-electron chi connectivity index (χ0n) is 18.8. The number of aromatic nitrogens is 1. The summed E-state index contributed by atoms with van der Waals surface area (Å²) < 4.78 is 0. The van der Waals surface area contributed by atoms with Crippen LogP contribution in [0.2, 0.25) is 0 Å². The highest BCUT2D eigenvalue weighted by molar-refractivity contribution is 6.21. The Kier molecular flexibility index (Phi) is 6.84. The van der Waals surface area contributed by atoms with Gasteiger partial charge in [-0.2, -0.15) is 0 Å². The molecule has 174 valence electrons. The molecule has 2 aromatic carbocycles. The number of aliphatic carboxylic acids is 1. The van der Waals surface area contributed by atoms with E-state index in [4.69, 9.17) is 0 Å². The van der Waals surface area contributed by atoms with Crippen molar-refractivity contribution in [3.63, 3.8) is 0 Å². The molecule has 1 unspecified atom stereocenters. The summed E-state index contributed by atoms with van der Waals surface area (Å²) in [7, 11) is 0. The summed E-state index contributed by atoms with van der Waals surface area (Å²) in [6, 6.07) is 18.4. The van der Waals surface area contributed by atoms with E-state index in [9.17, 15) is 24.6 Å². The van der Waals surface area contributed by atoms with Crippen LogP contribution in [-0.4, -0.2) is 50.5 Å². The Balaban J connectivity index is 1.34. The number of rotatable bonds is 9. The van der Waals surface area contributed by atoms with E-state index in [-0.39, 0.29) is 19.4 Å². The van der Waals surface area contributed by atoms with Crippen LogP contribution in [0.1, 0.15) is 44.8 Å². The number of fused-ring (bicyclic) bond motifs is 1. The smallest absolute Gasteiger partial charge is 0.309 e. The SMILES string of the molecule is Cc1ccc(-c2ccc(CCC(O)[C@@H](CCN3C(=O)c4ccccc4C3=O)C(=O)O)cc2)cn1. The monoisotopic (exact) mass is 458 g/mol. The van der Waals surface area contributed by atoms with E-state index < -0.39 is 29.8 Å². The minimum absolute atomic E-state index is 0.0126. The van der Waals surface area contributed by atoms with Gasteiger partial charge in [-0.25, -0.2) is 0 Å². The lowest BCUT2D eigenvalue weighted by Crippen LogP contribution is -2.36. The number of pyridine rings is 1. The molecule has 0 aliphatic carbocycles. The summed E-state index contributed by atoms with van der Waals surface area (Å²) in [4.78, 5) is 42.2. The third kappa shape index (κ3) is 4.89. The second-order valence-electron chi connectivity index (χ2n) is 8.53. The van der Waals surface area contributed by atoms with Gasteiger partial charge in [0.05, 0.1) is 23.1 Å². The van der Waals surface area contributed by atoms with Crippen molar-refractivity contribution in [1.29, 1.82) is 0 Å². The number of carboxylic acids is 1. The van der Waals surface area contributed by atoms with E-state index in [0.717, 1.165) is 27.3 Å². The second kappa shape index (κ2) is 9.97. The molecule has 7 nitrogen and oxygen atoms in total. The summed E-state index contributed by atoms with van der Waals surface area (Å²) in [6.07, 6.45) is 1.46. The molecule has 0 bridgehead atoms. The number of aliphatic hydroxyl groups excluding tert-OH is 1. The number of carbonyl (C=O) groups is 3. The fourth-order valence-corrected chi connectivity index (χ4v) is 4.21. The Labute approximate surface area is 197 Å². The molecule has 1 aromatic heterocycles. The summed E-state index contributed by atoms with van der Waals surface area (Å²) in [6.45, 7) is 1.88. The lowest BCUT2D eigenvalue weighted by Gasteiger charge is -2.22. The molecule has 0 spiro atoms. The number of aryl methyl sites for hydroxylation is 2. The molecule has 0 radical (unpaired) electrons. The highest BCUT2D eigenvalue weighted by Crippen LogP contribution is 2.25. The van der Waals surface area contributed by atoms with E-state index >= 15 is 0 Å². The van der Waals surface area contributed by atoms with Gasteiger partial charge in [0.25, 0.3) is 11.8 Å². The fraction of sp³-hybridized carbons (Fsp3) is 0.259. The minimum Gasteiger partial charge on any atom is -0.481 e. The molecule has 7 heteroatoms. The zero-order valence-corrected chi connectivity index (χ0v) is 18.8. The lowest BCUT2D eigenvalue weighted by atomic mass is 9.93. The first-order chi connectivity index (χ1) is 16.3. The lowest BCUT2D eigenvalue weighted by molar-refractivity contribution is -0.146. The first-order valence-corrected chi connectivity index (χ1v) is 11.2. The van der Waals surface area contributed by atoms with Crippen molar-refractivity contribution >= 4 is 17.8 Å². The quantitative estimate of drug-likeness (QED) is 0.473. The van der Waals surface area contributed by atoms with E-state index in [1.807, 2.05) is 49.5 Å². The Hall–Kier alpha value is -3.84. The molecule has 0 fully saturated rings. The van der Waals surface area contributed by atoms with Crippen molar-refractivity contribution in [2.45, 2.75) is 32.3 Å². The number of nitrogens with zero attached hydrogens (tertiary/aromatic N) is 2. The molecule has 0 saturated carbocycles. The normalized spacial score (nSPS) is 14.7. The van der Waals surface area contributed by atoms with Gasteiger partial charge >= 0.3 is 5.97 Å². The van der Waals surface area contributed by atoms with E-state index in [0.29, 0.717) is 17.5 Å². The van der Waals surface area contributed by atoms with Crippen molar-refractivity contribution in [3.8, 4) is 11.1 Å². The van der Waals surface area contributed by atoms with Crippen molar-refractivity contribution in [1.82, 2.24) is 9.88 Å². The summed E-state index contributed by atoms with van der Waals surface area (Å²) >= 11 is 0. The van der Waals surface area contributed by atoms with Gasteiger partial charge in [-0.1, -0.05) is 42.5 Å². The minimum atomic E-state index is -1.15. The van der Waals surface area contributed by atoms with Gasteiger partial charge < -0.3 is 10.2 Å². The molecule has 3 aromatic rings. The molecule has 2 heterocycles. The molecule has 34 heavy (non-hydrogen) atoms. The number of imide groups is 1. The predicted molar refractivity (Wildman–Crippen MR) is 126 cm³/mol. The van der Waals surface area contributed by atoms with Crippen LogP contribution < -0.4 is 0 Å². The number of benzene rings is 2. The van der Waals surface area contributed by atoms with Crippen LogP contribution in [0.5, 0.6) is 0 Å². The van der Waals surface area contributed by atoms with Crippen LogP contribution in [0.3, 0.4) is 0 Å². The molecule has 2 amide bonds. The third-order valence-corrected chi connectivity index (χ3v) is 6.25. The first-order valence-electron chi connectivity index (χ1n) is 11.2. The number of aliphatic hydroxyl groups is 1. The largest absolute Gasteiger partial charge is 0.481 e. The molecule has 4 rings (SSSR count). The van der Waals surface area contributed by atoms with Gasteiger partial charge in [0, 0.05) is 24.0 Å². The number of hydrogen-bond acceptors (Lipinski definition) is 5.